The summed E-state index contributed by atoms with van der Waals surface area (Å²) in [7, 11) is 0. The molecule has 7 heteroatoms. The lowest BCUT2D eigenvalue weighted by molar-refractivity contribution is 0.103. The van der Waals surface area contributed by atoms with Crippen molar-refractivity contribution in [2.24, 2.45) is 5.92 Å². The highest BCUT2D eigenvalue weighted by atomic mass is 16.5. The van der Waals surface area contributed by atoms with Crippen LogP contribution in [-0.2, 0) is 0 Å². The number of hydrogen-bond donors (Lipinski definition) is 1. The van der Waals surface area contributed by atoms with Crippen molar-refractivity contribution in [3.63, 3.8) is 0 Å². The molecule has 1 fully saturated rings. The highest BCUT2D eigenvalue weighted by Crippen LogP contribution is 2.31. The minimum absolute atomic E-state index is 0.163. The Hall–Kier alpha value is -3.74. The Morgan fingerprint density at radius 3 is 2.67 bits per heavy atom. The van der Waals surface area contributed by atoms with Gasteiger partial charge in [-0.1, -0.05) is 19.1 Å². The third-order valence-corrected chi connectivity index (χ3v) is 5.31. The number of fused-ring (bicyclic) bond motifs is 1. The first-order chi connectivity index (χ1) is 14.7. The quantitative estimate of drug-likeness (QED) is 0.506. The number of nitrogens with one attached hydrogen (secondary N) is 1. The Morgan fingerprint density at radius 2 is 1.90 bits per heavy atom. The van der Waals surface area contributed by atoms with Crippen molar-refractivity contribution in [1.82, 2.24) is 19.9 Å². The number of rotatable bonds is 5. The number of anilines is 1. The number of aromatic nitrogens is 4. The Labute approximate surface area is 173 Å². The van der Waals surface area contributed by atoms with E-state index in [1.165, 1.54) is 0 Å². The fourth-order valence-corrected chi connectivity index (χ4v) is 3.72. The van der Waals surface area contributed by atoms with Crippen molar-refractivity contribution in [3.8, 4) is 11.6 Å². The summed E-state index contributed by atoms with van der Waals surface area (Å²) >= 11 is 0. The first kappa shape index (κ1) is 18.3. The average molecular weight is 399 g/mol. The number of para-hydroxylation sites is 2. The number of imidazole rings is 1. The van der Waals surface area contributed by atoms with Gasteiger partial charge in [-0.25, -0.2) is 15.0 Å². The summed E-state index contributed by atoms with van der Waals surface area (Å²) in [4.78, 5) is 31.3. The second kappa shape index (κ2) is 7.59. The number of nitrogens with zero attached hydrogens (tertiary/aromatic N) is 4. The maximum atomic E-state index is 12.8. The zero-order valence-corrected chi connectivity index (χ0v) is 16.6. The predicted octanol–water partition coefficient (Wildman–Crippen LogP) is 4.22. The highest BCUT2D eigenvalue weighted by Gasteiger charge is 2.23. The van der Waals surface area contributed by atoms with Crippen molar-refractivity contribution >= 4 is 22.6 Å². The Kier molecular flexibility index (Phi) is 4.63. The fourth-order valence-electron chi connectivity index (χ4n) is 3.72. The van der Waals surface area contributed by atoms with Crippen LogP contribution in [0.3, 0.4) is 0 Å². The van der Waals surface area contributed by atoms with Gasteiger partial charge in [-0.15, -0.1) is 0 Å². The molecule has 0 unspecified atom stereocenters. The topological polar surface area (TPSA) is 84.0 Å². The van der Waals surface area contributed by atoms with Crippen molar-refractivity contribution < 1.29 is 9.53 Å². The minimum Gasteiger partial charge on any atom is -0.436 e. The van der Waals surface area contributed by atoms with Crippen LogP contribution in [0.4, 0.5) is 5.82 Å². The molecule has 1 aliphatic heterocycles. The number of benzene rings is 2. The Morgan fingerprint density at radius 1 is 1.10 bits per heavy atom. The Balaban J connectivity index is 1.35. The standard InChI is InChI=1S/C23H21N5O2/c1-15-10-13-28(14-15)22-23(25-12-11-24-22)30-17-8-6-16(7-9-17)20(29)21-26-18-4-2-3-5-19(18)27-21/h2-9,11-12,15H,10,13-14H2,1H3,(H,26,27)/t15-/m0/s1. The maximum Gasteiger partial charge on any atom is 0.263 e. The molecule has 150 valence electrons. The molecule has 3 heterocycles. The van der Waals surface area contributed by atoms with E-state index < -0.39 is 0 Å². The van der Waals surface area contributed by atoms with Crippen LogP contribution in [0.2, 0.25) is 0 Å². The maximum absolute atomic E-state index is 12.8. The van der Waals surface area contributed by atoms with Gasteiger partial charge in [-0.2, -0.15) is 0 Å². The van der Waals surface area contributed by atoms with Gasteiger partial charge < -0.3 is 14.6 Å². The van der Waals surface area contributed by atoms with Crippen LogP contribution in [-0.4, -0.2) is 38.8 Å². The molecule has 1 saturated heterocycles. The highest BCUT2D eigenvalue weighted by molar-refractivity contribution is 6.08. The number of ether oxygens (including phenoxy) is 1. The zero-order valence-electron chi connectivity index (χ0n) is 16.6. The molecule has 0 amide bonds. The van der Waals surface area contributed by atoms with Crippen LogP contribution < -0.4 is 9.64 Å². The normalized spacial score (nSPS) is 16.2. The van der Waals surface area contributed by atoms with E-state index in [1.807, 2.05) is 24.3 Å². The molecule has 1 N–H and O–H groups in total. The minimum atomic E-state index is -0.163. The summed E-state index contributed by atoms with van der Waals surface area (Å²) < 4.78 is 6.00. The first-order valence-corrected chi connectivity index (χ1v) is 10.0. The van der Waals surface area contributed by atoms with Gasteiger partial charge in [0.25, 0.3) is 5.88 Å². The van der Waals surface area contributed by atoms with Gasteiger partial charge in [0, 0.05) is 31.0 Å². The summed E-state index contributed by atoms with van der Waals surface area (Å²) in [5.41, 5.74) is 2.15. The van der Waals surface area contributed by atoms with E-state index in [0.29, 0.717) is 28.9 Å². The number of aromatic amines is 1. The number of carbonyl (C=O) groups excluding carboxylic acids is 1. The molecule has 4 aromatic rings. The summed E-state index contributed by atoms with van der Waals surface area (Å²) in [6.07, 6.45) is 4.44. The molecule has 0 spiro atoms. The predicted molar refractivity (Wildman–Crippen MR) is 114 cm³/mol. The summed E-state index contributed by atoms with van der Waals surface area (Å²) in [5, 5.41) is 0. The van der Waals surface area contributed by atoms with Crippen molar-refractivity contribution in [2.45, 2.75) is 13.3 Å². The number of H-pyrrole nitrogens is 1. The summed E-state index contributed by atoms with van der Waals surface area (Å²) in [5.74, 6) is 2.62. The average Bonchev–Trinajstić information content (AvgIpc) is 3.40. The van der Waals surface area contributed by atoms with Crippen molar-refractivity contribution in [3.05, 3.63) is 72.3 Å². The molecule has 0 aliphatic carbocycles. The van der Waals surface area contributed by atoms with Crippen LogP contribution in [0.25, 0.3) is 11.0 Å². The zero-order chi connectivity index (χ0) is 20.5. The fraction of sp³-hybridized carbons (Fsp3) is 0.217. The third-order valence-electron chi connectivity index (χ3n) is 5.31. The summed E-state index contributed by atoms with van der Waals surface area (Å²) in [6, 6.07) is 14.6. The lowest BCUT2D eigenvalue weighted by Crippen LogP contribution is -2.21. The van der Waals surface area contributed by atoms with E-state index in [-0.39, 0.29) is 5.78 Å². The van der Waals surface area contributed by atoms with Gasteiger partial charge in [0.2, 0.25) is 5.78 Å². The van der Waals surface area contributed by atoms with Crippen LogP contribution >= 0.6 is 0 Å². The molecule has 30 heavy (non-hydrogen) atoms. The van der Waals surface area contributed by atoms with Crippen molar-refractivity contribution in [2.75, 3.05) is 18.0 Å². The molecule has 0 radical (unpaired) electrons. The smallest absolute Gasteiger partial charge is 0.263 e. The van der Waals surface area contributed by atoms with Gasteiger partial charge in [-0.3, -0.25) is 4.79 Å². The van der Waals surface area contributed by atoms with E-state index in [0.717, 1.165) is 36.4 Å². The van der Waals surface area contributed by atoms with Gasteiger partial charge in [0.1, 0.15) is 5.75 Å². The molecule has 1 atom stereocenters. The molecule has 5 rings (SSSR count). The van der Waals surface area contributed by atoms with Crippen LogP contribution in [0.5, 0.6) is 11.6 Å². The molecule has 2 aromatic heterocycles. The largest absolute Gasteiger partial charge is 0.436 e. The second-order valence-electron chi connectivity index (χ2n) is 7.58. The van der Waals surface area contributed by atoms with Gasteiger partial charge >= 0.3 is 0 Å². The Bertz CT molecular complexity index is 1170. The lowest BCUT2D eigenvalue weighted by Gasteiger charge is -2.19. The van der Waals surface area contributed by atoms with E-state index in [1.54, 1.807) is 36.7 Å². The van der Waals surface area contributed by atoms with Crippen LogP contribution in [0, 0.1) is 5.92 Å². The molecule has 0 saturated carbocycles. The van der Waals surface area contributed by atoms with Crippen molar-refractivity contribution in [1.29, 1.82) is 0 Å². The monoisotopic (exact) mass is 399 g/mol. The van der Waals surface area contributed by atoms with E-state index in [4.69, 9.17) is 4.74 Å². The molecule has 7 nitrogen and oxygen atoms in total. The van der Waals surface area contributed by atoms with Gasteiger partial charge in [0.15, 0.2) is 11.6 Å². The van der Waals surface area contributed by atoms with E-state index >= 15 is 0 Å². The molecule has 2 aromatic carbocycles. The van der Waals surface area contributed by atoms with E-state index in [2.05, 4.69) is 31.8 Å². The lowest BCUT2D eigenvalue weighted by atomic mass is 10.1. The molecular formula is C23H21N5O2. The second-order valence-corrected chi connectivity index (χ2v) is 7.58. The molecule has 1 aliphatic rings. The number of hydrogen-bond acceptors (Lipinski definition) is 6. The third kappa shape index (κ3) is 3.50. The molecule has 0 bridgehead atoms. The van der Waals surface area contributed by atoms with Crippen LogP contribution in [0.15, 0.2) is 60.9 Å². The number of carbonyl (C=O) groups is 1. The summed E-state index contributed by atoms with van der Waals surface area (Å²) in [6.45, 7) is 4.12. The van der Waals surface area contributed by atoms with Crippen LogP contribution in [0.1, 0.15) is 29.5 Å². The SMILES string of the molecule is C[C@H]1CCN(c2nccnc2Oc2ccc(C(=O)c3nc4ccccc4[nH]3)cc2)C1. The molecular weight excluding hydrogens is 378 g/mol. The first-order valence-electron chi connectivity index (χ1n) is 10.0. The van der Waals surface area contributed by atoms with E-state index in [9.17, 15) is 4.79 Å². The van der Waals surface area contributed by atoms with Gasteiger partial charge in [0.05, 0.1) is 11.0 Å². The van der Waals surface area contributed by atoms with Gasteiger partial charge in [-0.05, 0) is 48.7 Å². The number of ketones is 1.